The van der Waals surface area contributed by atoms with Crippen molar-refractivity contribution < 1.29 is 18.7 Å². The molecule has 0 aliphatic carbocycles. The molecule has 0 unspecified atom stereocenters. The fourth-order valence-electron chi connectivity index (χ4n) is 3.20. The molecule has 0 saturated heterocycles. The SMILES string of the molecule is COCCOc1ccc(Cl)c(-c2ccnc(NC(=O)c3nnc(Cc4ccccc4F)[nH]3)c2)c1. The van der Waals surface area contributed by atoms with Crippen molar-refractivity contribution >= 4 is 23.3 Å². The van der Waals surface area contributed by atoms with Crippen LogP contribution in [0.15, 0.2) is 60.8 Å². The number of anilines is 1. The number of amides is 1. The summed E-state index contributed by atoms with van der Waals surface area (Å²) >= 11 is 6.39. The molecule has 0 aliphatic rings. The van der Waals surface area contributed by atoms with Crippen LogP contribution in [-0.4, -0.2) is 46.4 Å². The Morgan fingerprint density at radius 3 is 2.79 bits per heavy atom. The van der Waals surface area contributed by atoms with E-state index in [9.17, 15) is 9.18 Å². The second-order valence-electron chi connectivity index (χ2n) is 7.26. The van der Waals surface area contributed by atoms with E-state index in [0.717, 1.165) is 11.1 Å². The standard InChI is InChI=1S/C24H21ClFN5O3/c1-33-10-11-34-17-6-7-19(25)18(14-17)15-8-9-27-21(12-15)29-24(32)23-28-22(30-31-23)13-16-4-2-3-5-20(16)26/h2-9,12,14H,10-11,13H2,1H3,(H,27,29,32)(H,28,30,31). The Kier molecular flexibility index (Phi) is 7.46. The fourth-order valence-corrected chi connectivity index (χ4v) is 3.43. The summed E-state index contributed by atoms with van der Waals surface area (Å²) in [7, 11) is 1.60. The first kappa shape index (κ1) is 23.3. The number of hydrogen-bond donors (Lipinski definition) is 2. The highest BCUT2D eigenvalue weighted by molar-refractivity contribution is 6.33. The first-order valence-corrected chi connectivity index (χ1v) is 10.8. The van der Waals surface area contributed by atoms with Crippen LogP contribution in [0.1, 0.15) is 22.0 Å². The number of aromatic amines is 1. The molecule has 0 fully saturated rings. The second-order valence-corrected chi connectivity index (χ2v) is 7.66. The highest BCUT2D eigenvalue weighted by Gasteiger charge is 2.15. The number of aromatic nitrogens is 4. The van der Waals surface area contributed by atoms with Crippen molar-refractivity contribution in [2.24, 2.45) is 0 Å². The molecule has 0 radical (unpaired) electrons. The van der Waals surface area contributed by atoms with Gasteiger partial charge in [-0.2, -0.15) is 0 Å². The Balaban J connectivity index is 1.47. The van der Waals surface area contributed by atoms with Crippen LogP contribution in [0.25, 0.3) is 11.1 Å². The molecular formula is C24H21ClFN5O3. The lowest BCUT2D eigenvalue weighted by atomic mass is 10.1. The van der Waals surface area contributed by atoms with E-state index >= 15 is 0 Å². The molecule has 2 aromatic carbocycles. The Labute approximate surface area is 200 Å². The third-order valence-corrected chi connectivity index (χ3v) is 5.20. The van der Waals surface area contributed by atoms with Crippen molar-refractivity contribution in [2.75, 3.05) is 25.6 Å². The number of methoxy groups -OCH3 is 1. The number of pyridine rings is 1. The smallest absolute Gasteiger partial charge is 0.294 e. The van der Waals surface area contributed by atoms with E-state index in [1.54, 1.807) is 55.8 Å². The zero-order valence-corrected chi connectivity index (χ0v) is 19.0. The summed E-state index contributed by atoms with van der Waals surface area (Å²) in [5, 5.41) is 11.0. The van der Waals surface area contributed by atoms with Gasteiger partial charge in [-0.25, -0.2) is 9.37 Å². The van der Waals surface area contributed by atoms with E-state index in [1.165, 1.54) is 6.07 Å². The summed E-state index contributed by atoms with van der Waals surface area (Å²) in [4.78, 5) is 19.7. The number of carbonyl (C=O) groups is 1. The maximum absolute atomic E-state index is 13.9. The van der Waals surface area contributed by atoms with Crippen LogP contribution in [0, 0.1) is 5.82 Å². The number of nitrogens with one attached hydrogen (secondary N) is 2. The van der Waals surface area contributed by atoms with Crippen LogP contribution in [0.3, 0.4) is 0 Å². The lowest BCUT2D eigenvalue weighted by molar-refractivity contribution is 0.101. The highest BCUT2D eigenvalue weighted by atomic mass is 35.5. The zero-order valence-electron chi connectivity index (χ0n) is 18.2. The summed E-state index contributed by atoms with van der Waals surface area (Å²) in [6.45, 7) is 0.873. The number of carbonyl (C=O) groups excluding carboxylic acids is 1. The van der Waals surface area contributed by atoms with Gasteiger partial charge in [0.25, 0.3) is 5.91 Å². The van der Waals surface area contributed by atoms with Gasteiger partial charge in [0.1, 0.15) is 29.8 Å². The molecule has 174 valence electrons. The molecule has 0 spiro atoms. The average molecular weight is 482 g/mol. The first-order chi connectivity index (χ1) is 16.5. The molecule has 0 saturated carbocycles. The number of rotatable bonds is 9. The molecule has 1 amide bonds. The van der Waals surface area contributed by atoms with Crippen molar-refractivity contribution in [3.8, 4) is 16.9 Å². The lowest BCUT2D eigenvalue weighted by Crippen LogP contribution is -2.14. The van der Waals surface area contributed by atoms with Crippen molar-refractivity contribution in [1.29, 1.82) is 0 Å². The summed E-state index contributed by atoms with van der Waals surface area (Å²) in [6.07, 6.45) is 1.74. The fraction of sp³-hybridized carbons (Fsp3) is 0.167. The minimum atomic E-state index is -0.528. The number of halogens is 2. The van der Waals surface area contributed by atoms with Gasteiger partial charge in [0.15, 0.2) is 0 Å². The monoisotopic (exact) mass is 481 g/mol. The Morgan fingerprint density at radius 2 is 1.97 bits per heavy atom. The second kappa shape index (κ2) is 10.9. The van der Waals surface area contributed by atoms with Gasteiger partial charge in [-0.05, 0) is 47.5 Å². The Bertz CT molecular complexity index is 1300. The van der Waals surface area contributed by atoms with Crippen LogP contribution in [0.2, 0.25) is 5.02 Å². The highest BCUT2D eigenvalue weighted by Crippen LogP contribution is 2.32. The third kappa shape index (κ3) is 5.75. The number of hydrogen-bond acceptors (Lipinski definition) is 6. The Morgan fingerprint density at radius 1 is 1.12 bits per heavy atom. The van der Waals surface area contributed by atoms with Crippen LogP contribution < -0.4 is 10.1 Å². The number of nitrogens with zero attached hydrogens (tertiary/aromatic N) is 3. The van der Waals surface area contributed by atoms with Gasteiger partial charge in [-0.3, -0.25) is 4.79 Å². The van der Waals surface area contributed by atoms with E-state index in [4.69, 9.17) is 21.1 Å². The molecule has 0 bridgehead atoms. The van der Waals surface area contributed by atoms with E-state index in [-0.39, 0.29) is 18.1 Å². The molecule has 2 aromatic heterocycles. The van der Waals surface area contributed by atoms with Gasteiger partial charge in [-0.1, -0.05) is 29.8 Å². The summed E-state index contributed by atoms with van der Waals surface area (Å²) in [5.41, 5.74) is 1.91. The molecule has 2 N–H and O–H groups in total. The number of ether oxygens (including phenoxy) is 2. The molecule has 4 rings (SSSR count). The quantitative estimate of drug-likeness (QED) is 0.341. The summed E-state index contributed by atoms with van der Waals surface area (Å²) < 4.78 is 24.5. The molecule has 2 heterocycles. The van der Waals surface area contributed by atoms with E-state index in [0.29, 0.717) is 41.2 Å². The lowest BCUT2D eigenvalue weighted by Gasteiger charge is -2.11. The molecule has 8 nitrogen and oxygen atoms in total. The van der Waals surface area contributed by atoms with Gasteiger partial charge >= 0.3 is 0 Å². The van der Waals surface area contributed by atoms with Crippen molar-refractivity contribution in [3.63, 3.8) is 0 Å². The molecular weight excluding hydrogens is 461 g/mol. The maximum atomic E-state index is 13.9. The maximum Gasteiger partial charge on any atom is 0.294 e. The van der Waals surface area contributed by atoms with E-state index < -0.39 is 5.91 Å². The summed E-state index contributed by atoms with van der Waals surface area (Å²) in [6, 6.07) is 15.1. The van der Waals surface area contributed by atoms with Gasteiger partial charge in [0, 0.05) is 30.3 Å². The van der Waals surface area contributed by atoms with Gasteiger partial charge < -0.3 is 19.8 Å². The minimum absolute atomic E-state index is 0.00915. The van der Waals surface area contributed by atoms with Crippen molar-refractivity contribution in [1.82, 2.24) is 20.2 Å². The molecule has 4 aromatic rings. The van der Waals surface area contributed by atoms with Crippen LogP contribution in [0.4, 0.5) is 10.2 Å². The van der Waals surface area contributed by atoms with Gasteiger partial charge in [0.05, 0.1) is 6.61 Å². The largest absolute Gasteiger partial charge is 0.491 e. The number of benzene rings is 2. The van der Waals surface area contributed by atoms with Crippen LogP contribution >= 0.6 is 11.6 Å². The van der Waals surface area contributed by atoms with Crippen LogP contribution in [-0.2, 0) is 11.2 Å². The first-order valence-electron chi connectivity index (χ1n) is 10.4. The average Bonchev–Trinajstić information content (AvgIpc) is 3.31. The minimum Gasteiger partial charge on any atom is -0.491 e. The Hall–Kier alpha value is -3.82. The molecule has 10 heteroatoms. The zero-order chi connectivity index (χ0) is 23.9. The predicted octanol–water partition coefficient (Wildman–Crippen LogP) is 4.53. The van der Waals surface area contributed by atoms with Crippen molar-refractivity contribution in [2.45, 2.75) is 6.42 Å². The molecule has 0 atom stereocenters. The predicted molar refractivity (Wildman–Crippen MR) is 126 cm³/mol. The van der Waals surface area contributed by atoms with Crippen LogP contribution in [0.5, 0.6) is 5.75 Å². The topological polar surface area (TPSA) is 102 Å². The molecule has 0 aliphatic heterocycles. The normalized spacial score (nSPS) is 10.8. The van der Waals surface area contributed by atoms with Gasteiger partial charge in [0.2, 0.25) is 5.82 Å². The molecule has 34 heavy (non-hydrogen) atoms. The third-order valence-electron chi connectivity index (χ3n) is 4.87. The van der Waals surface area contributed by atoms with Gasteiger partial charge in [-0.15, -0.1) is 10.2 Å². The van der Waals surface area contributed by atoms with Crippen molar-refractivity contribution in [3.05, 3.63) is 88.8 Å². The van der Waals surface area contributed by atoms with E-state index in [2.05, 4.69) is 25.5 Å². The summed E-state index contributed by atoms with van der Waals surface area (Å²) in [5.74, 6) is 0.427. The number of H-pyrrole nitrogens is 1. The van der Waals surface area contributed by atoms with E-state index in [1.807, 2.05) is 6.07 Å².